The molecule has 0 radical (unpaired) electrons. The Hall–Kier alpha value is -1.04. The molecule has 2 aliphatic rings. The molecule has 3 nitrogen and oxygen atoms in total. The number of carbonyl (C=O) groups excluding carboxylic acids is 1. The van der Waals surface area contributed by atoms with E-state index in [0.29, 0.717) is 0 Å². The van der Waals surface area contributed by atoms with Gasteiger partial charge in [0.15, 0.2) is 0 Å². The first-order valence-electron chi connectivity index (χ1n) is 6.41. The normalized spacial score (nSPS) is 30.9. The third kappa shape index (κ3) is 2.55. The highest BCUT2D eigenvalue weighted by Gasteiger charge is 2.31. The Bertz CT molecular complexity index is 289. The highest BCUT2D eigenvalue weighted by Crippen LogP contribution is 2.30. The number of ether oxygens (including phenoxy) is 1. The Balaban J connectivity index is 1.87. The molecular weight excluding hydrogens is 202 g/mol. The zero-order chi connectivity index (χ0) is 11.4. The number of esters is 1. The van der Waals surface area contributed by atoms with E-state index in [1.54, 1.807) is 0 Å². The van der Waals surface area contributed by atoms with Crippen LogP contribution in [0.15, 0.2) is 0 Å². The monoisotopic (exact) mass is 221 g/mol. The fourth-order valence-corrected chi connectivity index (χ4v) is 2.79. The van der Waals surface area contributed by atoms with Crippen LogP contribution in [0.4, 0.5) is 0 Å². The third-order valence-electron chi connectivity index (χ3n) is 3.82. The summed E-state index contributed by atoms with van der Waals surface area (Å²) in [6.07, 6.45) is 8.04. The third-order valence-corrected chi connectivity index (χ3v) is 3.82. The van der Waals surface area contributed by atoms with Gasteiger partial charge in [-0.15, -0.1) is 0 Å². The van der Waals surface area contributed by atoms with Gasteiger partial charge in [0.25, 0.3) is 0 Å². The smallest absolute Gasteiger partial charge is 0.309 e. The van der Waals surface area contributed by atoms with Crippen LogP contribution in [0.3, 0.4) is 0 Å². The first-order valence-corrected chi connectivity index (χ1v) is 6.41. The molecule has 0 aliphatic heterocycles. The fraction of sp³-hybridized carbons (Fsp3) is 0.846. The predicted molar refractivity (Wildman–Crippen MR) is 59.4 cm³/mol. The van der Waals surface area contributed by atoms with E-state index in [-0.39, 0.29) is 23.9 Å². The summed E-state index contributed by atoms with van der Waals surface area (Å²) in [7, 11) is 0. The van der Waals surface area contributed by atoms with Crippen molar-refractivity contribution in [3.63, 3.8) is 0 Å². The lowest BCUT2D eigenvalue weighted by Crippen LogP contribution is -2.31. The second-order valence-corrected chi connectivity index (χ2v) is 4.98. The van der Waals surface area contributed by atoms with Crippen molar-refractivity contribution < 1.29 is 9.53 Å². The Morgan fingerprint density at radius 1 is 1.06 bits per heavy atom. The average molecular weight is 221 g/mol. The van der Waals surface area contributed by atoms with Crippen molar-refractivity contribution in [3.8, 4) is 6.07 Å². The van der Waals surface area contributed by atoms with Gasteiger partial charge in [-0.1, -0.05) is 19.3 Å². The van der Waals surface area contributed by atoms with E-state index in [2.05, 4.69) is 6.07 Å². The lowest BCUT2D eigenvalue weighted by Gasteiger charge is -2.27. The summed E-state index contributed by atoms with van der Waals surface area (Å²) < 4.78 is 5.52. The van der Waals surface area contributed by atoms with Crippen molar-refractivity contribution in [2.45, 2.75) is 57.5 Å². The highest BCUT2D eigenvalue weighted by atomic mass is 16.5. The molecule has 88 valence electrons. The number of hydrogen-bond acceptors (Lipinski definition) is 3. The van der Waals surface area contributed by atoms with E-state index >= 15 is 0 Å². The van der Waals surface area contributed by atoms with Gasteiger partial charge in [0.1, 0.15) is 6.10 Å². The van der Waals surface area contributed by atoms with Crippen LogP contribution in [0.5, 0.6) is 0 Å². The van der Waals surface area contributed by atoms with Gasteiger partial charge in [-0.05, 0) is 32.1 Å². The molecule has 0 heterocycles. The minimum atomic E-state index is -0.133. The molecule has 2 rings (SSSR count). The Morgan fingerprint density at radius 3 is 2.38 bits per heavy atom. The Kier molecular flexibility index (Phi) is 3.82. The summed E-state index contributed by atoms with van der Waals surface area (Å²) in [5.41, 5.74) is 0. The molecule has 0 aromatic heterocycles. The summed E-state index contributed by atoms with van der Waals surface area (Å²) in [5, 5.41) is 9.00. The van der Waals surface area contributed by atoms with Crippen molar-refractivity contribution in [2.24, 2.45) is 11.8 Å². The quantitative estimate of drug-likeness (QED) is 0.674. The molecule has 2 atom stereocenters. The van der Waals surface area contributed by atoms with E-state index < -0.39 is 0 Å². The summed E-state index contributed by atoms with van der Waals surface area (Å²) in [6.45, 7) is 0. The molecule has 0 bridgehead atoms. The van der Waals surface area contributed by atoms with Crippen LogP contribution in [0, 0.1) is 23.2 Å². The molecule has 0 amide bonds. The van der Waals surface area contributed by atoms with Crippen LogP contribution >= 0.6 is 0 Å². The average Bonchev–Trinajstić information content (AvgIpc) is 2.83. The first-order chi connectivity index (χ1) is 7.81. The van der Waals surface area contributed by atoms with Gasteiger partial charge in [-0.25, -0.2) is 0 Å². The maximum Gasteiger partial charge on any atom is 0.309 e. The van der Waals surface area contributed by atoms with Gasteiger partial charge in [0.05, 0.1) is 17.9 Å². The SMILES string of the molecule is N#C[C@H]1CCCC[C@@H]1OC(=O)C1CCCC1. The summed E-state index contributed by atoms with van der Waals surface area (Å²) in [4.78, 5) is 11.8. The van der Waals surface area contributed by atoms with Crippen LogP contribution in [-0.4, -0.2) is 12.1 Å². The lowest BCUT2D eigenvalue weighted by atomic mass is 9.87. The van der Waals surface area contributed by atoms with Crippen LogP contribution in [0.25, 0.3) is 0 Å². The summed E-state index contributed by atoms with van der Waals surface area (Å²) in [5.74, 6) is -0.00924. The van der Waals surface area contributed by atoms with Crippen LogP contribution < -0.4 is 0 Å². The molecule has 16 heavy (non-hydrogen) atoms. The van der Waals surface area contributed by atoms with E-state index in [9.17, 15) is 4.79 Å². The topological polar surface area (TPSA) is 50.1 Å². The van der Waals surface area contributed by atoms with Crippen molar-refractivity contribution in [1.82, 2.24) is 0 Å². The van der Waals surface area contributed by atoms with Gasteiger partial charge in [0.2, 0.25) is 0 Å². The number of nitrogens with zero attached hydrogens (tertiary/aromatic N) is 1. The second kappa shape index (κ2) is 5.34. The number of hydrogen-bond donors (Lipinski definition) is 0. The van der Waals surface area contributed by atoms with Crippen LogP contribution in [-0.2, 0) is 9.53 Å². The number of carbonyl (C=O) groups is 1. The lowest BCUT2D eigenvalue weighted by molar-refractivity contribution is -0.157. The summed E-state index contributed by atoms with van der Waals surface area (Å²) >= 11 is 0. The fourth-order valence-electron chi connectivity index (χ4n) is 2.79. The van der Waals surface area contributed by atoms with Crippen LogP contribution in [0.2, 0.25) is 0 Å². The standard InChI is InChI=1S/C13H19NO2/c14-9-11-7-3-4-8-12(11)16-13(15)10-5-1-2-6-10/h10-12H,1-8H2/t11-,12+/m1/s1. The molecule has 2 saturated carbocycles. The minimum absolute atomic E-state index is 0.0512. The first kappa shape index (κ1) is 11.4. The molecule has 0 saturated heterocycles. The number of rotatable bonds is 2. The van der Waals surface area contributed by atoms with E-state index in [0.717, 1.165) is 51.4 Å². The minimum Gasteiger partial charge on any atom is -0.461 e. The highest BCUT2D eigenvalue weighted by molar-refractivity contribution is 5.72. The molecule has 0 unspecified atom stereocenters. The number of nitriles is 1. The predicted octanol–water partition coefficient (Wildman–Crippen LogP) is 2.80. The molecule has 0 aromatic rings. The molecule has 0 aromatic carbocycles. The van der Waals surface area contributed by atoms with E-state index in [4.69, 9.17) is 10.00 Å². The van der Waals surface area contributed by atoms with Crippen molar-refractivity contribution in [3.05, 3.63) is 0 Å². The Labute approximate surface area is 96.8 Å². The molecular formula is C13H19NO2. The van der Waals surface area contributed by atoms with E-state index in [1.165, 1.54) is 0 Å². The van der Waals surface area contributed by atoms with Gasteiger partial charge in [-0.3, -0.25) is 4.79 Å². The van der Waals surface area contributed by atoms with E-state index in [1.807, 2.05) is 0 Å². The molecule has 2 fully saturated rings. The van der Waals surface area contributed by atoms with Crippen molar-refractivity contribution in [1.29, 1.82) is 5.26 Å². The van der Waals surface area contributed by atoms with Gasteiger partial charge in [0, 0.05) is 0 Å². The van der Waals surface area contributed by atoms with Crippen molar-refractivity contribution in [2.75, 3.05) is 0 Å². The largest absolute Gasteiger partial charge is 0.461 e. The molecule has 3 heteroatoms. The van der Waals surface area contributed by atoms with Gasteiger partial charge >= 0.3 is 5.97 Å². The molecule has 0 N–H and O–H groups in total. The van der Waals surface area contributed by atoms with Crippen LogP contribution in [0.1, 0.15) is 51.4 Å². The zero-order valence-corrected chi connectivity index (χ0v) is 9.65. The maximum atomic E-state index is 11.8. The zero-order valence-electron chi connectivity index (χ0n) is 9.65. The van der Waals surface area contributed by atoms with Gasteiger partial charge < -0.3 is 4.74 Å². The molecule has 2 aliphatic carbocycles. The van der Waals surface area contributed by atoms with Gasteiger partial charge in [-0.2, -0.15) is 5.26 Å². The summed E-state index contributed by atoms with van der Waals surface area (Å²) in [6, 6.07) is 2.27. The Morgan fingerprint density at radius 2 is 1.69 bits per heavy atom. The molecule has 0 spiro atoms. The maximum absolute atomic E-state index is 11.8. The van der Waals surface area contributed by atoms with Crippen molar-refractivity contribution >= 4 is 5.97 Å². The second-order valence-electron chi connectivity index (χ2n) is 4.98.